The van der Waals surface area contributed by atoms with Gasteiger partial charge in [-0.2, -0.15) is 0 Å². The summed E-state index contributed by atoms with van der Waals surface area (Å²) in [6.45, 7) is 0. The fourth-order valence-electron chi connectivity index (χ4n) is 3.43. The van der Waals surface area contributed by atoms with E-state index >= 15 is 0 Å². The minimum Gasteiger partial charge on any atom is -0.382 e. The molecule has 2 heterocycles. The third-order valence-electron chi connectivity index (χ3n) is 4.70. The Morgan fingerprint density at radius 3 is 2.64 bits per heavy atom. The van der Waals surface area contributed by atoms with Crippen LogP contribution in [-0.4, -0.2) is 36.8 Å². The zero-order valence-corrected chi connectivity index (χ0v) is 15.1. The van der Waals surface area contributed by atoms with Gasteiger partial charge in [0, 0.05) is 13.5 Å². The van der Waals surface area contributed by atoms with Gasteiger partial charge in [-0.25, -0.2) is 15.0 Å². The van der Waals surface area contributed by atoms with Gasteiger partial charge < -0.3 is 25.2 Å². The largest absolute Gasteiger partial charge is 0.382 e. The average molecular weight is 369 g/mol. The molecule has 5 N–H and O–H groups in total. The minimum atomic E-state index is -4.52. The molecule has 0 saturated heterocycles. The van der Waals surface area contributed by atoms with Gasteiger partial charge in [0.05, 0.1) is 0 Å². The second-order valence-corrected chi connectivity index (χ2v) is 8.21. The molecule has 1 fully saturated rings. The number of rotatable bonds is 6. The number of nitrogens with one attached hydrogen (secondary N) is 1. The summed E-state index contributed by atoms with van der Waals surface area (Å²) in [5.41, 5.74) is 6.63. The summed E-state index contributed by atoms with van der Waals surface area (Å²) < 4.78 is 16.4. The van der Waals surface area contributed by atoms with Crippen molar-refractivity contribution in [2.75, 3.05) is 12.8 Å². The Morgan fingerprint density at radius 1 is 1.28 bits per heavy atom. The summed E-state index contributed by atoms with van der Waals surface area (Å²) in [5.74, 6) is 0.0461. The zero-order valence-electron chi connectivity index (χ0n) is 14.2. The normalized spacial score (nSPS) is 17.9. The van der Waals surface area contributed by atoms with Crippen LogP contribution in [0.4, 0.5) is 5.82 Å². The Hall–Kier alpha value is -1.54. The lowest BCUT2D eigenvalue weighted by atomic mass is 9.86. The van der Waals surface area contributed by atoms with E-state index in [2.05, 4.69) is 19.9 Å². The summed E-state index contributed by atoms with van der Waals surface area (Å²) >= 11 is 0. The van der Waals surface area contributed by atoms with Gasteiger partial charge in [0.15, 0.2) is 22.8 Å². The lowest BCUT2D eigenvalue weighted by Crippen LogP contribution is -2.09. The molecule has 0 amide bonds. The van der Waals surface area contributed by atoms with Gasteiger partial charge in [-0.05, 0) is 12.3 Å². The standard InChI is InChI=1S/C15H24N5O4P/c1-24-15(25(21,22)23)14-19-11-12(16)17-10(18-13(11)20-14)8-7-9-5-3-2-4-6-9/h9,15H,2-8H2,1H3,(H2,21,22,23)(H3,16,17,18,19,20). The number of nitrogen functional groups attached to an aromatic ring is 1. The van der Waals surface area contributed by atoms with Gasteiger partial charge in [-0.1, -0.05) is 32.1 Å². The average Bonchev–Trinajstić information content (AvgIpc) is 2.97. The molecule has 0 bridgehead atoms. The molecule has 9 nitrogen and oxygen atoms in total. The lowest BCUT2D eigenvalue weighted by molar-refractivity contribution is 0.132. The van der Waals surface area contributed by atoms with E-state index < -0.39 is 13.4 Å². The smallest absolute Gasteiger partial charge is 0.361 e. The van der Waals surface area contributed by atoms with Crippen molar-refractivity contribution in [2.24, 2.45) is 5.92 Å². The van der Waals surface area contributed by atoms with Crippen molar-refractivity contribution in [1.82, 2.24) is 19.9 Å². The van der Waals surface area contributed by atoms with Gasteiger partial charge in [0.2, 0.25) is 5.85 Å². The molecular formula is C15H24N5O4P. The van der Waals surface area contributed by atoms with Crippen LogP contribution in [0.3, 0.4) is 0 Å². The molecule has 0 aliphatic heterocycles. The van der Waals surface area contributed by atoms with Crippen LogP contribution in [0.2, 0.25) is 0 Å². The van der Waals surface area contributed by atoms with E-state index in [9.17, 15) is 14.4 Å². The van der Waals surface area contributed by atoms with Crippen LogP contribution in [0.15, 0.2) is 0 Å². The summed E-state index contributed by atoms with van der Waals surface area (Å²) in [5, 5.41) is 0. The second-order valence-electron chi connectivity index (χ2n) is 6.56. The van der Waals surface area contributed by atoms with E-state index in [1.165, 1.54) is 39.2 Å². The van der Waals surface area contributed by atoms with Gasteiger partial charge in [-0.3, -0.25) is 4.57 Å². The van der Waals surface area contributed by atoms with Crippen LogP contribution in [0.5, 0.6) is 0 Å². The van der Waals surface area contributed by atoms with E-state index in [4.69, 9.17) is 10.5 Å². The number of methoxy groups -OCH3 is 1. The second kappa shape index (κ2) is 7.37. The highest BCUT2D eigenvalue weighted by atomic mass is 31.2. The van der Waals surface area contributed by atoms with Crippen LogP contribution >= 0.6 is 7.60 Å². The van der Waals surface area contributed by atoms with Gasteiger partial charge in [0.1, 0.15) is 5.82 Å². The molecule has 0 spiro atoms. The van der Waals surface area contributed by atoms with E-state index in [0.717, 1.165) is 12.8 Å². The summed E-state index contributed by atoms with van der Waals surface area (Å²) in [6, 6.07) is 0. The van der Waals surface area contributed by atoms with Crippen molar-refractivity contribution in [3.8, 4) is 0 Å². The Morgan fingerprint density at radius 2 is 2.00 bits per heavy atom. The number of H-pyrrole nitrogens is 1. The maximum Gasteiger partial charge on any atom is 0.361 e. The van der Waals surface area contributed by atoms with Crippen molar-refractivity contribution < 1.29 is 19.1 Å². The number of hydrogen-bond acceptors (Lipinski definition) is 6. The quantitative estimate of drug-likeness (QED) is 0.567. The summed E-state index contributed by atoms with van der Waals surface area (Å²) in [6.07, 6.45) is 8.16. The number of fused-ring (bicyclic) bond motifs is 1. The Kier molecular flexibility index (Phi) is 5.38. The summed E-state index contributed by atoms with van der Waals surface area (Å²) in [4.78, 5) is 34.4. The molecule has 25 heavy (non-hydrogen) atoms. The monoisotopic (exact) mass is 369 g/mol. The van der Waals surface area contributed by atoms with Crippen LogP contribution in [0.1, 0.15) is 56.0 Å². The third kappa shape index (κ3) is 4.17. The number of aromatic nitrogens is 4. The molecule has 3 rings (SSSR count). The molecule has 1 aliphatic carbocycles. The lowest BCUT2D eigenvalue weighted by Gasteiger charge is -2.20. The number of anilines is 1. The number of aromatic amines is 1. The first-order valence-corrected chi connectivity index (χ1v) is 10.2. The molecule has 10 heteroatoms. The van der Waals surface area contributed by atoms with Crippen molar-refractivity contribution >= 4 is 24.6 Å². The van der Waals surface area contributed by atoms with Crippen molar-refractivity contribution in [1.29, 1.82) is 0 Å². The molecule has 1 saturated carbocycles. The molecule has 2 aromatic rings. The fourth-order valence-corrected chi connectivity index (χ4v) is 4.15. The SMILES string of the molecule is COC(c1nc2c(N)nc(CCC3CCCCC3)nc2[nH]1)P(=O)(O)O. The molecule has 0 radical (unpaired) electrons. The van der Waals surface area contributed by atoms with Gasteiger partial charge in [-0.15, -0.1) is 0 Å². The molecule has 2 aromatic heterocycles. The Bertz CT molecular complexity index is 784. The van der Waals surface area contributed by atoms with Crippen molar-refractivity contribution in [3.63, 3.8) is 0 Å². The first-order chi connectivity index (χ1) is 11.9. The zero-order chi connectivity index (χ0) is 18.0. The number of hydrogen-bond donors (Lipinski definition) is 4. The van der Waals surface area contributed by atoms with Crippen molar-refractivity contribution in [3.05, 3.63) is 11.6 Å². The maximum atomic E-state index is 11.5. The Balaban J connectivity index is 1.82. The summed E-state index contributed by atoms with van der Waals surface area (Å²) in [7, 11) is -3.31. The predicted octanol–water partition coefficient (Wildman–Crippen LogP) is 2.27. The predicted molar refractivity (Wildman–Crippen MR) is 92.8 cm³/mol. The number of ether oxygens (including phenoxy) is 1. The molecule has 0 aromatic carbocycles. The van der Waals surface area contributed by atoms with E-state index in [-0.39, 0.29) is 11.6 Å². The minimum absolute atomic E-state index is 0.00346. The van der Waals surface area contributed by atoms with Crippen LogP contribution in [-0.2, 0) is 15.7 Å². The number of imidazole rings is 1. The van der Waals surface area contributed by atoms with Crippen LogP contribution < -0.4 is 5.73 Å². The number of nitrogens with zero attached hydrogens (tertiary/aromatic N) is 3. The molecule has 1 aliphatic rings. The third-order valence-corrected chi connectivity index (χ3v) is 5.77. The highest BCUT2D eigenvalue weighted by Crippen LogP contribution is 2.51. The van der Waals surface area contributed by atoms with Gasteiger partial charge >= 0.3 is 7.60 Å². The number of aryl methyl sites for hydroxylation is 1. The highest BCUT2D eigenvalue weighted by molar-refractivity contribution is 7.51. The molecule has 138 valence electrons. The van der Waals surface area contributed by atoms with E-state index in [1.54, 1.807) is 0 Å². The topological polar surface area (TPSA) is 147 Å². The van der Waals surface area contributed by atoms with Crippen LogP contribution in [0, 0.1) is 5.92 Å². The number of nitrogens with two attached hydrogens (primary N) is 1. The first-order valence-electron chi connectivity index (χ1n) is 8.48. The molecule has 1 unspecified atom stereocenters. The Labute approximate surface area is 145 Å². The first kappa shape index (κ1) is 18.3. The van der Waals surface area contributed by atoms with Gasteiger partial charge in [0.25, 0.3) is 0 Å². The molecule has 1 atom stereocenters. The van der Waals surface area contributed by atoms with E-state index in [1.807, 2.05) is 0 Å². The van der Waals surface area contributed by atoms with E-state index in [0.29, 0.717) is 22.9 Å². The van der Waals surface area contributed by atoms with Crippen molar-refractivity contribution in [2.45, 2.75) is 50.8 Å². The fraction of sp³-hybridized carbons (Fsp3) is 0.667. The van der Waals surface area contributed by atoms with Crippen LogP contribution in [0.25, 0.3) is 11.2 Å². The molecular weight excluding hydrogens is 345 g/mol. The highest BCUT2D eigenvalue weighted by Gasteiger charge is 2.33. The maximum absolute atomic E-state index is 11.5.